The van der Waals surface area contributed by atoms with Crippen LogP contribution in [0.4, 0.5) is 13.2 Å². The molecule has 2 saturated heterocycles. The minimum Gasteiger partial charge on any atom is -0.347 e. The van der Waals surface area contributed by atoms with Crippen molar-refractivity contribution in [3.8, 4) is 0 Å². The highest BCUT2D eigenvalue weighted by atomic mass is 35.5. The molecular weight excluding hydrogens is 1340 g/mol. The summed E-state index contributed by atoms with van der Waals surface area (Å²) < 4.78 is 42.2. The van der Waals surface area contributed by atoms with Crippen LogP contribution in [-0.2, 0) is 57.5 Å². The molecule has 24 nitrogen and oxygen atoms in total. The summed E-state index contributed by atoms with van der Waals surface area (Å²) in [4.78, 5) is 192. The normalized spacial score (nSPS) is 32.2. The predicted octanol–water partition coefficient (Wildman–Crippen LogP) is 6.36. The maximum atomic E-state index is 15.5. The molecule has 0 aromatic carbocycles. The summed E-state index contributed by atoms with van der Waals surface area (Å²) in [5.74, 6) is -10.6. The minimum absolute atomic E-state index is 0.00377. The third-order valence-electron chi connectivity index (χ3n) is 23.6. The molecule has 0 aromatic heterocycles. The monoisotopic (exact) mass is 1460 g/mol. The number of halogens is 4. The van der Waals surface area contributed by atoms with Crippen molar-refractivity contribution < 1.29 is 70.7 Å². The van der Waals surface area contributed by atoms with Gasteiger partial charge >= 0.3 is 6.18 Å². The van der Waals surface area contributed by atoms with E-state index in [0.29, 0.717) is 38.0 Å². The molecule has 7 rings (SSSR count). The Morgan fingerprint density at radius 3 is 1.88 bits per heavy atom. The number of hydrogen-bond acceptors (Lipinski definition) is 12. The summed E-state index contributed by atoms with van der Waals surface area (Å²) in [6, 6.07) is -9.81. The van der Waals surface area contributed by atoms with E-state index in [-0.39, 0.29) is 107 Å². The number of carbonyl (C=O) groups is 12. The Morgan fingerprint density at radius 2 is 1.29 bits per heavy atom. The summed E-state index contributed by atoms with van der Waals surface area (Å²) in [6.45, 7) is 10.4. The van der Waals surface area contributed by atoms with E-state index in [1.165, 1.54) is 100 Å². The number of carbonyl (C=O) groups excluding carboxylic acids is 12. The largest absolute Gasteiger partial charge is 0.393 e. The molecular formula is C74H118ClF3N12O12. The number of alkyl halides is 4. The highest BCUT2D eigenvalue weighted by Crippen LogP contribution is 2.44. The van der Waals surface area contributed by atoms with Crippen molar-refractivity contribution in [3.05, 3.63) is 12.2 Å². The summed E-state index contributed by atoms with van der Waals surface area (Å²) in [6.07, 6.45) is 6.72. The van der Waals surface area contributed by atoms with E-state index in [1.54, 1.807) is 13.0 Å². The molecule has 4 aliphatic carbocycles. The van der Waals surface area contributed by atoms with Crippen LogP contribution in [0.1, 0.15) is 189 Å². The number of fused-ring (bicyclic) bond motifs is 3. The fourth-order valence-corrected chi connectivity index (χ4v) is 17.2. The van der Waals surface area contributed by atoms with Crippen molar-refractivity contribution in [2.45, 2.75) is 255 Å². The molecule has 3 heterocycles. The molecule has 0 radical (unpaired) electrons. The molecule has 574 valence electrons. The quantitative estimate of drug-likeness (QED) is 0.151. The summed E-state index contributed by atoms with van der Waals surface area (Å²) >= 11 is 6.44. The van der Waals surface area contributed by atoms with Crippen molar-refractivity contribution in [2.75, 3.05) is 82.6 Å². The van der Waals surface area contributed by atoms with Crippen LogP contribution in [0.3, 0.4) is 0 Å². The third-order valence-corrected chi connectivity index (χ3v) is 24.1. The highest BCUT2D eigenvalue weighted by Gasteiger charge is 2.54. The van der Waals surface area contributed by atoms with Crippen molar-refractivity contribution in [1.82, 2.24) is 60.0 Å². The highest BCUT2D eigenvalue weighted by molar-refractivity contribution is 6.21. The van der Waals surface area contributed by atoms with Crippen LogP contribution in [0.2, 0.25) is 0 Å². The molecule has 28 heteroatoms. The third kappa shape index (κ3) is 20.1. The Balaban J connectivity index is 1.30. The Bertz CT molecular complexity index is 3050. The number of hydrogen-bond donors (Lipinski definition) is 3. The Kier molecular flexibility index (Phi) is 29.2. The minimum atomic E-state index is -4.51. The van der Waals surface area contributed by atoms with Gasteiger partial charge in [0.15, 0.2) is 0 Å². The maximum Gasteiger partial charge on any atom is 0.393 e. The van der Waals surface area contributed by atoms with E-state index in [1.807, 2.05) is 33.8 Å². The molecule has 3 aliphatic heterocycles. The van der Waals surface area contributed by atoms with E-state index in [0.717, 1.165) is 38.5 Å². The van der Waals surface area contributed by atoms with Gasteiger partial charge in [-0.2, -0.15) is 13.2 Å². The van der Waals surface area contributed by atoms with Gasteiger partial charge in [0.1, 0.15) is 53.9 Å². The van der Waals surface area contributed by atoms with E-state index in [4.69, 9.17) is 11.6 Å². The molecule has 3 unspecified atom stereocenters. The first-order valence-electron chi connectivity index (χ1n) is 37.6. The van der Waals surface area contributed by atoms with Crippen molar-refractivity contribution in [2.24, 2.45) is 47.3 Å². The lowest BCUT2D eigenvalue weighted by Crippen LogP contribution is -2.68. The number of amides is 12. The fraction of sp³-hybridized carbons (Fsp3) is 0.811. The molecule has 4 saturated carbocycles. The van der Waals surface area contributed by atoms with Crippen molar-refractivity contribution >= 4 is 82.5 Å². The Labute approximate surface area is 607 Å². The zero-order valence-electron chi connectivity index (χ0n) is 63.0. The standard InChI is InChI=1S/C74H118ClF3N12O12/c1-15-47(6)62-70(100)84(10)43-61(93)85(11)54-24-17-16-20-35-89(69(54)99)58(39-49-27-25-45(4)26-28-49)68(98)83(9)42-59(91)79-53(32-30-48-29-31-51(52(75)38-48)74(76,77)78)66(96)90-41-46(5)37-56(90)65(95)81-73(33-21-34-73)72(102)88(14)63(50-22-18-19-23-50)71(101)87(13)57(67(97)82(7)8)40-60(92)86(12)55(36-44(2)3)64(94)80-62/h16-17,44-58,62-63H,15,18-43H2,1-14H3,(H,79,91)(H,80,94)(H,81,95)/b17-16-/t45?,46-,47-,48?,49?,51?,52?,53-,54-,55-,56-,57-,58-,62-,63-/m0/s1. The van der Waals surface area contributed by atoms with Crippen LogP contribution in [0.15, 0.2) is 12.2 Å². The van der Waals surface area contributed by atoms with E-state index >= 15 is 28.8 Å². The zero-order chi connectivity index (χ0) is 75.6. The first kappa shape index (κ1) is 82.7. The molecule has 0 aromatic rings. The molecule has 7 aliphatic rings. The second-order valence-electron chi connectivity index (χ2n) is 32.0. The lowest BCUT2D eigenvalue weighted by Gasteiger charge is -2.46. The first-order valence-corrected chi connectivity index (χ1v) is 38.0. The van der Waals surface area contributed by atoms with Gasteiger partial charge in [-0.3, -0.25) is 57.5 Å². The predicted molar refractivity (Wildman–Crippen MR) is 379 cm³/mol. The molecule has 1 spiro atoms. The van der Waals surface area contributed by atoms with E-state index in [2.05, 4.69) is 22.9 Å². The van der Waals surface area contributed by atoms with Crippen LogP contribution in [0, 0.1) is 47.3 Å². The number of rotatable bonds is 11. The lowest BCUT2D eigenvalue weighted by atomic mass is 9.74. The molecule has 3 N–H and O–H groups in total. The smallest absolute Gasteiger partial charge is 0.347 e. The van der Waals surface area contributed by atoms with Crippen LogP contribution in [-0.4, -0.2) is 263 Å². The van der Waals surface area contributed by atoms with Crippen LogP contribution < -0.4 is 16.0 Å². The zero-order valence-corrected chi connectivity index (χ0v) is 63.8. The van der Waals surface area contributed by atoms with Crippen molar-refractivity contribution in [1.29, 1.82) is 0 Å². The number of likely N-dealkylation sites (N-methyl/N-ethyl adjacent to an activating group) is 7. The Hall–Kier alpha value is -6.54. The van der Waals surface area contributed by atoms with Crippen molar-refractivity contribution in [3.63, 3.8) is 0 Å². The Morgan fingerprint density at radius 1 is 0.657 bits per heavy atom. The van der Waals surface area contributed by atoms with Crippen LogP contribution in [0.5, 0.6) is 0 Å². The fourth-order valence-electron chi connectivity index (χ4n) is 16.7. The molecule has 102 heavy (non-hydrogen) atoms. The lowest BCUT2D eigenvalue weighted by molar-refractivity contribution is -0.182. The number of nitrogens with one attached hydrogen (secondary N) is 3. The average molecular weight is 1460 g/mol. The van der Waals surface area contributed by atoms with Gasteiger partial charge in [-0.25, -0.2) is 0 Å². The second-order valence-corrected chi connectivity index (χ2v) is 32.5. The molecule has 13 atom stereocenters. The van der Waals surface area contributed by atoms with Gasteiger partial charge in [0, 0.05) is 74.8 Å². The summed E-state index contributed by atoms with van der Waals surface area (Å²) in [5, 5.41) is 7.61. The topological polar surface area (TPSA) is 270 Å². The van der Waals surface area contributed by atoms with Crippen LogP contribution >= 0.6 is 11.6 Å². The van der Waals surface area contributed by atoms with Gasteiger partial charge in [0.25, 0.3) is 0 Å². The van der Waals surface area contributed by atoms with Gasteiger partial charge in [-0.05, 0) is 138 Å². The molecule has 2 bridgehead atoms. The van der Waals surface area contributed by atoms with Gasteiger partial charge in [-0.15, -0.1) is 11.6 Å². The second kappa shape index (κ2) is 36.0. The van der Waals surface area contributed by atoms with Crippen LogP contribution in [0.25, 0.3) is 0 Å². The average Bonchev–Trinajstić information content (AvgIpc) is 1.11. The van der Waals surface area contributed by atoms with Gasteiger partial charge < -0.3 is 60.0 Å². The maximum absolute atomic E-state index is 15.5. The van der Waals surface area contributed by atoms with E-state index < -0.39 is 174 Å². The molecule has 12 amide bonds. The van der Waals surface area contributed by atoms with Gasteiger partial charge in [-0.1, -0.05) is 98.6 Å². The van der Waals surface area contributed by atoms with Gasteiger partial charge in [0.2, 0.25) is 70.9 Å². The summed E-state index contributed by atoms with van der Waals surface area (Å²) in [7, 11) is 11.6. The SMILES string of the molecule is CC[C@H](C)[C@@H]1NC(=O)[C@H](CC(C)C)N(C)C(=O)C[C@@H](C(=O)N(C)C)N(C)C(=O)[C@H](C2CCCC2)N(C)C(=O)C2(CCC2)NC(=O)[C@@H]2C[C@H](C)CN2C(=O)[C@H](CCC2CCC(C(F)(F)F)C(Cl)C2)NC(=O)CN(C)C(=O)[C@H](CC2CCC(C)CC2)N2CC/C=C\C[C@@H](C2=O)N(C)C(=O)CN(C)C1=O. The van der Waals surface area contributed by atoms with E-state index in [9.17, 15) is 41.9 Å². The summed E-state index contributed by atoms with van der Waals surface area (Å²) in [5.41, 5.74) is -1.54. The first-order chi connectivity index (χ1) is 47.9. The number of nitrogens with zero attached hydrogens (tertiary/aromatic N) is 9. The van der Waals surface area contributed by atoms with Gasteiger partial charge in [0.05, 0.1) is 25.4 Å². The molecule has 6 fully saturated rings.